The SMILES string of the molecule is O=C(c1ccc(Cl)cc1C[SH](=O)=O)c1cnoc1C1CC1. The summed E-state index contributed by atoms with van der Waals surface area (Å²) >= 11 is 5.88. The Morgan fingerprint density at radius 2 is 2.10 bits per heavy atom. The molecule has 1 aromatic heterocycles. The fourth-order valence-corrected chi connectivity index (χ4v) is 2.99. The summed E-state index contributed by atoms with van der Waals surface area (Å²) in [6.45, 7) is 0. The Morgan fingerprint density at radius 3 is 2.76 bits per heavy atom. The van der Waals surface area contributed by atoms with Gasteiger partial charge in [0.1, 0.15) is 10.7 Å². The van der Waals surface area contributed by atoms with Crippen LogP contribution >= 0.6 is 11.6 Å². The minimum Gasteiger partial charge on any atom is -0.360 e. The molecule has 0 unspecified atom stereocenters. The number of ketones is 1. The molecule has 21 heavy (non-hydrogen) atoms. The maximum absolute atomic E-state index is 12.6. The zero-order chi connectivity index (χ0) is 15.0. The van der Waals surface area contributed by atoms with Crippen molar-refractivity contribution in [3.05, 3.63) is 51.9 Å². The first-order valence-electron chi connectivity index (χ1n) is 6.45. The monoisotopic (exact) mass is 325 g/mol. The number of nitrogens with zero attached hydrogens (tertiary/aromatic N) is 1. The van der Waals surface area contributed by atoms with Crippen molar-refractivity contribution >= 4 is 28.1 Å². The summed E-state index contributed by atoms with van der Waals surface area (Å²) in [5, 5.41) is 4.09. The maximum atomic E-state index is 12.6. The normalized spacial score (nSPS) is 14.6. The van der Waals surface area contributed by atoms with Crippen molar-refractivity contribution in [1.29, 1.82) is 0 Å². The fraction of sp³-hybridized carbons (Fsp3) is 0.286. The number of carbonyl (C=O) groups excluding carboxylic acids is 1. The van der Waals surface area contributed by atoms with Crippen LogP contribution in [0.1, 0.15) is 46.0 Å². The number of halogens is 1. The standard InChI is InChI=1S/C14H12ClNO4S/c15-10-3-4-11(9(5-10)7-21(18)19)13(17)12-6-16-20-14(12)8-1-2-8/h3-6,8,21H,1-2,7H2. The molecule has 7 heteroatoms. The zero-order valence-electron chi connectivity index (χ0n) is 10.9. The van der Waals surface area contributed by atoms with E-state index in [1.54, 1.807) is 12.1 Å². The molecule has 0 atom stereocenters. The van der Waals surface area contributed by atoms with Crippen LogP contribution in [0, 0.1) is 0 Å². The predicted octanol–water partition coefficient (Wildman–Crippen LogP) is 2.55. The molecule has 1 heterocycles. The van der Waals surface area contributed by atoms with Crippen LogP contribution in [0.4, 0.5) is 0 Å². The summed E-state index contributed by atoms with van der Waals surface area (Å²) in [7, 11) is -2.65. The van der Waals surface area contributed by atoms with Gasteiger partial charge >= 0.3 is 0 Å². The summed E-state index contributed by atoms with van der Waals surface area (Å²) in [6.07, 6.45) is 3.36. The van der Waals surface area contributed by atoms with Crippen LogP contribution in [0.15, 0.2) is 28.9 Å². The topological polar surface area (TPSA) is 77.2 Å². The second-order valence-electron chi connectivity index (χ2n) is 5.00. The summed E-state index contributed by atoms with van der Waals surface area (Å²) in [6, 6.07) is 4.62. The highest BCUT2D eigenvalue weighted by atomic mass is 35.5. The molecular formula is C14H12ClNO4S. The van der Waals surface area contributed by atoms with Crippen LogP contribution in [-0.4, -0.2) is 19.4 Å². The van der Waals surface area contributed by atoms with Crippen molar-refractivity contribution in [1.82, 2.24) is 5.16 Å². The van der Waals surface area contributed by atoms with Gasteiger partial charge in [-0.05, 0) is 36.6 Å². The summed E-state index contributed by atoms with van der Waals surface area (Å²) < 4.78 is 27.1. The van der Waals surface area contributed by atoms with Crippen molar-refractivity contribution in [3.8, 4) is 0 Å². The molecule has 0 N–H and O–H groups in total. The summed E-state index contributed by atoms with van der Waals surface area (Å²) in [4.78, 5) is 12.6. The Labute approximate surface area is 127 Å². The fourth-order valence-electron chi connectivity index (χ4n) is 2.26. The van der Waals surface area contributed by atoms with Gasteiger partial charge in [0.25, 0.3) is 0 Å². The van der Waals surface area contributed by atoms with Crippen LogP contribution < -0.4 is 0 Å². The van der Waals surface area contributed by atoms with Crippen LogP contribution in [0.3, 0.4) is 0 Å². The lowest BCUT2D eigenvalue weighted by molar-refractivity contribution is 0.103. The van der Waals surface area contributed by atoms with Gasteiger partial charge in [-0.25, -0.2) is 8.42 Å². The van der Waals surface area contributed by atoms with Crippen molar-refractivity contribution in [3.63, 3.8) is 0 Å². The minimum atomic E-state index is -2.65. The van der Waals surface area contributed by atoms with Gasteiger partial charge < -0.3 is 4.52 Å². The molecule has 0 radical (unpaired) electrons. The number of hydrogen-bond acceptors (Lipinski definition) is 5. The third kappa shape index (κ3) is 3.01. The quantitative estimate of drug-likeness (QED) is 0.675. The van der Waals surface area contributed by atoms with Gasteiger partial charge in [0.05, 0.1) is 17.5 Å². The van der Waals surface area contributed by atoms with E-state index >= 15 is 0 Å². The van der Waals surface area contributed by atoms with E-state index in [-0.39, 0.29) is 17.5 Å². The Hall–Kier alpha value is -1.66. The molecule has 2 aromatic rings. The molecule has 1 aromatic carbocycles. The highest BCUT2D eigenvalue weighted by Gasteiger charge is 2.33. The number of thiol groups is 1. The number of rotatable bonds is 5. The van der Waals surface area contributed by atoms with E-state index in [0.29, 0.717) is 27.5 Å². The Kier molecular flexibility index (Phi) is 3.82. The van der Waals surface area contributed by atoms with Gasteiger partial charge in [-0.2, -0.15) is 0 Å². The van der Waals surface area contributed by atoms with Crippen LogP contribution in [0.2, 0.25) is 5.02 Å². The highest BCUT2D eigenvalue weighted by Crippen LogP contribution is 2.42. The van der Waals surface area contributed by atoms with E-state index in [0.717, 1.165) is 12.8 Å². The van der Waals surface area contributed by atoms with E-state index in [1.807, 2.05) is 0 Å². The lowest BCUT2D eigenvalue weighted by atomic mass is 9.98. The Morgan fingerprint density at radius 1 is 1.33 bits per heavy atom. The van der Waals surface area contributed by atoms with E-state index < -0.39 is 10.7 Å². The highest BCUT2D eigenvalue weighted by molar-refractivity contribution is 7.71. The summed E-state index contributed by atoms with van der Waals surface area (Å²) in [5.74, 6) is 0.341. The van der Waals surface area contributed by atoms with Crippen LogP contribution in [0.25, 0.3) is 0 Å². The van der Waals surface area contributed by atoms with Crippen molar-refractivity contribution < 1.29 is 17.7 Å². The van der Waals surface area contributed by atoms with E-state index in [1.165, 1.54) is 12.3 Å². The van der Waals surface area contributed by atoms with Gasteiger partial charge in [-0.15, -0.1) is 0 Å². The predicted molar refractivity (Wildman–Crippen MR) is 77.4 cm³/mol. The van der Waals surface area contributed by atoms with Crippen molar-refractivity contribution in [2.24, 2.45) is 0 Å². The largest absolute Gasteiger partial charge is 0.360 e. The number of benzene rings is 1. The number of hydrogen-bond donors (Lipinski definition) is 1. The van der Waals surface area contributed by atoms with Crippen molar-refractivity contribution in [2.45, 2.75) is 24.5 Å². The molecule has 0 amide bonds. The molecule has 110 valence electrons. The van der Waals surface area contributed by atoms with Crippen molar-refractivity contribution in [2.75, 3.05) is 0 Å². The average Bonchev–Trinajstić information content (AvgIpc) is 3.15. The third-order valence-corrected chi connectivity index (χ3v) is 4.24. The third-order valence-electron chi connectivity index (χ3n) is 3.40. The van der Waals surface area contributed by atoms with Gasteiger partial charge in [-0.1, -0.05) is 16.8 Å². The van der Waals surface area contributed by atoms with E-state index in [2.05, 4.69) is 5.16 Å². The van der Waals surface area contributed by atoms with E-state index in [4.69, 9.17) is 16.1 Å². The molecular weight excluding hydrogens is 314 g/mol. The number of aromatic nitrogens is 1. The molecule has 0 aliphatic heterocycles. The van der Waals surface area contributed by atoms with Gasteiger partial charge in [0.15, 0.2) is 11.5 Å². The molecule has 1 aliphatic rings. The first-order chi connectivity index (χ1) is 10.1. The van der Waals surface area contributed by atoms with Crippen LogP contribution in [0.5, 0.6) is 0 Å². The minimum absolute atomic E-state index is 0.221. The molecule has 1 aliphatic carbocycles. The van der Waals surface area contributed by atoms with E-state index in [9.17, 15) is 13.2 Å². The van der Waals surface area contributed by atoms with Gasteiger partial charge in [0.2, 0.25) is 0 Å². The summed E-state index contributed by atoms with van der Waals surface area (Å²) in [5.41, 5.74) is 1.12. The molecule has 0 spiro atoms. The Balaban J connectivity index is 2.02. The molecule has 0 saturated heterocycles. The van der Waals surface area contributed by atoms with Crippen LogP contribution in [-0.2, 0) is 16.5 Å². The number of carbonyl (C=O) groups is 1. The smallest absolute Gasteiger partial charge is 0.198 e. The van der Waals surface area contributed by atoms with Gasteiger partial charge in [0, 0.05) is 16.5 Å². The molecule has 1 saturated carbocycles. The molecule has 3 rings (SSSR count). The Bertz CT molecular complexity index is 769. The lowest BCUT2D eigenvalue weighted by Crippen LogP contribution is -2.07. The second kappa shape index (κ2) is 5.61. The average molecular weight is 326 g/mol. The first-order valence-corrected chi connectivity index (χ1v) is 8.20. The van der Waals surface area contributed by atoms with Gasteiger partial charge in [-0.3, -0.25) is 4.79 Å². The zero-order valence-corrected chi connectivity index (χ0v) is 12.6. The lowest BCUT2D eigenvalue weighted by Gasteiger charge is -2.06. The second-order valence-corrected chi connectivity index (χ2v) is 6.42. The first kappa shape index (κ1) is 14.3. The molecule has 1 fully saturated rings. The maximum Gasteiger partial charge on any atom is 0.198 e. The molecule has 5 nitrogen and oxygen atoms in total. The molecule has 0 bridgehead atoms.